The molecule has 1 amide bonds. The molecule has 5 nitrogen and oxygen atoms in total. The van der Waals surface area contributed by atoms with E-state index in [4.69, 9.17) is 0 Å². The second-order valence-electron chi connectivity index (χ2n) is 7.30. The molecule has 0 saturated carbocycles. The van der Waals surface area contributed by atoms with Crippen LogP contribution >= 0.6 is 0 Å². The number of amides is 1. The molecule has 130 valence electrons. The normalized spacial score (nSPS) is 21.5. The number of nitrogens with zero attached hydrogens (tertiary/aromatic N) is 3. The van der Waals surface area contributed by atoms with Crippen molar-refractivity contribution >= 4 is 16.8 Å². The van der Waals surface area contributed by atoms with Gasteiger partial charge in [-0.15, -0.1) is 0 Å². The summed E-state index contributed by atoms with van der Waals surface area (Å²) in [6.45, 7) is 2.03. The van der Waals surface area contributed by atoms with Crippen LogP contribution in [-0.2, 0) is 6.54 Å². The van der Waals surface area contributed by atoms with Gasteiger partial charge in [0, 0.05) is 42.7 Å². The molecule has 5 heteroatoms. The van der Waals surface area contributed by atoms with Gasteiger partial charge in [0.25, 0.3) is 11.5 Å². The molecule has 1 saturated heterocycles. The number of rotatable bonds is 1. The predicted molar refractivity (Wildman–Crippen MR) is 99.2 cm³/mol. The molecule has 5 rings (SSSR count). The van der Waals surface area contributed by atoms with E-state index in [1.807, 2.05) is 58.0 Å². The largest absolute Gasteiger partial charge is 0.336 e. The summed E-state index contributed by atoms with van der Waals surface area (Å²) in [4.78, 5) is 31.6. The van der Waals surface area contributed by atoms with Crippen LogP contribution in [0.5, 0.6) is 0 Å². The second kappa shape index (κ2) is 5.80. The Labute approximate surface area is 150 Å². The minimum atomic E-state index is -0.0165. The van der Waals surface area contributed by atoms with Crippen molar-refractivity contribution in [3.05, 3.63) is 76.3 Å². The topological polar surface area (TPSA) is 55.2 Å². The first-order valence-electron chi connectivity index (χ1n) is 9.04. The van der Waals surface area contributed by atoms with E-state index >= 15 is 0 Å². The summed E-state index contributed by atoms with van der Waals surface area (Å²) >= 11 is 0. The quantitative estimate of drug-likeness (QED) is 0.681. The lowest BCUT2D eigenvalue weighted by Crippen LogP contribution is -2.49. The van der Waals surface area contributed by atoms with Crippen LogP contribution in [0.3, 0.4) is 0 Å². The van der Waals surface area contributed by atoms with Crippen LogP contribution in [0, 0.1) is 5.92 Å². The highest BCUT2D eigenvalue weighted by Gasteiger charge is 2.36. The zero-order valence-electron chi connectivity index (χ0n) is 14.3. The van der Waals surface area contributed by atoms with Gasteiger partial charge in [-0.3, -0.25) is 9.59 Å². The van der Waals surface area contributed by atoms with E-state index in [0.717, 1.165) is 23.0 Å². The van der Waals surface area contributed by atoms with Crippen LogP contribution in [0.25, 0.3) is 10.9 Å². The molecule has 2 aromatic heterocycles. The Morgan fingerprint density at radius 1 is 0.962 bits per heavy atom. The molecule has 4 heterocycles. The molecule has 2 aliphatic heterocycles. The zero-order valence-corrected chi connectivity index (χ0v) is 14.3. The third-order valence-electron chi connectivity index (χ3n) is 5.58. The first-order valence-corrected chi connectivity index (χ1v) is 9.04. The lowest BCUT2D eigenvalue weighted by molar-refractivity contribution is 0.0589. The number of carbonyl (C=O) groups excluding carboxylic acids is 1. The maximum atomic E-state index is 13.0. The van der Waals surface area contributed by atoms with Crippen molar-refractivity contribution in [2.45, 2.75) is 18.9 Å². The Bertz CT molecular complexity index is 1070. The summed E-state index contributed by atoms with van der Waals surface area (Å²) in [5.41, 5.74) is 2.45. The molecule has 1 aromatic carbocycles. The summed E-state index contributed by atoms with van der Waals surface area (Å²) < 4.78 is 1.88. The molecule has 3 aromatic rings. The first-order chi connectivity index (χ1) is 12.7. The molecule has 0 aliphatic carbocycles. The molecule has 0 radical (unpaired) electrons. The smallest absolute Gasteiger partial charge is 0.272 e. The third kappa shape index (κ3) is 2.43. The Hall–Kier alpha value is -2.95. The fourth-order valence-electron chi connectivity index (χ4n) is 4.41. The number of fused-ring (bicyclic) bond motifs is 5. The molecule has 0 N–H and O–H groups in total. The molecular formula is C21H19N3O2. The molecule has 2 aliphatic rings. The number of benzene rings is 1. The van der Waals surface area contributed by atoms with E-state index in [2.05, 4.69) is 4.98 Å². The number of pyridine rings is 2. The van der Waals surface area contributed by atoms with Gasteiger partial charge >= 0.3 is 0 Å². The summed E-state index contributed by atoms with van der Waals surface area (Å²) in [6.07, 6.45) is 1.04. The first kappa shape index (κ1) is 15.3. The van der Waals surface area contributed by atoms with Gasteiger partial charge < -0.3 is 9.47 Å². The molecule has 0 unspecified atom stereocenters. The number of likely N-dealkylation sites (tertiary alicyclic amines) is 1. The van der Waals surface area contributed by atoms with Gasteiger partial charge in [-0.05, 0) is 30.5 Å². The average molecular weight is 345 g/mol. The van der Waals surface area contributed by atoms with E-state index in [9.17, 15) is 9.59 Å². The number of para-hydroxylation sites is 1. The number of piperidine rings is 1. The molecule has 2 bridgehead atoms. The van der Waals surface area contributed by atoms with Gasteiger partial charge in [0.15, 0.2) is 0 Å². The van der Waals surface area contributed by atoms with Crippen molar-refractivity contribution < 1.29 is 4.79 Å². The van der Waals surface area contributed by atoms with Gasteiger partial charge in [-0.1, -0.05) is 30.3 Å². The van der Waals surface area contributed by atoms with E-state index in [0.29, 0.717) is 31.2 Å². The van der Waals surface area contributed by atoms with Crippen molar-refractivity contribution in [1.82, 2.24) is 14.5 Å². The summed E-state index contributed by atoms with van der Waals surface area (Å²) in [5.74, 6) is 0.531. The fourth-order valence-corrected chi connectivity index (χ4v) is 4.41. The highest BCUT2D eigenvalue weighted by atomic mass is 16.2. The second-order valence-corrected chi connectivity index (χ2v) is 7.30. The van der Waals surface area contributed by atoms with Crippen LogP contribution in [0.4, 0.5) is 0 Å². The molecular weight excluding hydrogens is 326 g/mol. The fraction of sp³-hybridized carbons (Fsp3) is 0.286. The Balaban J connectivity index is 1.46. The molecule has 2 atom stereocenters. The molecule has 26 heavy (non-hydrogen) atoms. The average Bonchev–Trinajstić information content (AvgIpc) is 2.68. The third-order valence-corrected chi connectivity index (χ3v) is 5.58. The highest BCUT2D eigenvalue weighted by molar-refractivity contribution is 5.95. The highest BCUT2D eigenvalue weighted by Crippen LogP contribution is 2.35. The van der Waals surface area contributed by atoms with Gasteiger partial charge in [0.05, 0.1) is 5.52 Å². The lowest BCUT2D eigenvalue weighted by Gasteiger charge is -2.42. The van der Waals surface area contributed by atoms with Crippen molar-refractivity contribution in [2.24, 2.45) is 5.92 Å². The minimum Gasteiger partial charge on any atom is -0.336 e. The van der Waals surface area contributed by atoms with Crippen molar-refractivity contribution in [3.63, 3.8) is 0 Å². The van der Waals surface area contributed by atoms with Gasteiger partial charge in [-0.25, -0.2) is 4.98 Å². The zero-order chi connectivity index (χ0) is 17.7. The van der Waals surface area contributed by atoms with Gasteiger partial charge in [0.2, 0.25) is 0 Å². The minimum absolute atomic E-state index is 0.0165. The summed E-state index contributed by atoms with van der Waals surface area (Å²) in [7, 11) is 0. The van der Waals surface area contributed by atoms with Crippen LogP contribution in [0.1, 0.15) is 28.5 Å². The maximum Gasteiger partial charge on any atom is 0.272 e. The SMILES string of the molecule is O=C(c1ccc2ccccc2n1)N1C[C@@H]2C[C@H](C1)c1cccc(=O)n1C2. The van der Waals surface area contributed by atoms with E-state index in [-0.39, 0.29) is 17.4 Å². The van der Waals surface area contributed by atoms with Crippen LogP contribution in [0.2, 0.25) is 0 Å². The van der Waals surface area contributed by atoms with E-state index in [1.165, 1.54) is 0 Å². The van der Waals surface area contributed by atoms with Crippen LogP contribution in [-0.4, -0.2) is 33.4 Å². The lowest BCUT2D eigenvalue weighted by atomic mass is 9.83. The Kier molecular flexibility index (Phi) is 3.42. The van der Waals surface area contributed by atoms with Gasteiger partial charge in [-0.2, -0.15) is 0 Å². The van der Waals surface area contributed by atoms with Gasteiger partial charge in [0.1, 0.15) is 5.69 Å². The predicted octanol–water partition coefficient (Wildman–Crippen LogP) is 2.66. The van der Waals surface area contributed by atoms with Crippen LogP contribution in [0.15, 0.2) is 59.4 Å². The van der Waals surface area contributed by atoms with E-state index < -0.39 is 0 Å². The Morgan fingerprint density at radius 3 is 2.77 bits per heavy atom. The standard InChI is InChI=1S/C21H19N3O2/c25-20-7-3-6-19-16-10-14(12-24(19)20)11-23(13-16)21(26)18-9-8-15-4-1-2-5-17(15)22-18/h1-9,14,16H,10-13H2/t14-,16+/m0/s1. The maximum absolute atomic E-state index is 13.0. The Morgan fingerprint density at radius 2 is 1.85 bits per heavy atom. The molecule has 0 spiro atoms. The number of hydrogen-bond donors (Lipinski definition) is 0. The van der Waals surface area contributed by atoms with E-state index in [1.54, 1.807) is 6.07 Å². The number of hydrogen-bond acceptors (Lipinski definition) is 3. The number of aromatic nitrogens is 2. The van der Waals surface area contributed by atoms with Crippen molar-refractivity contribution in [1.29, 1.82) is 0 Å². The monoisotopic (exact) mass is 345 g/mol. The van der Waals surface area contributed by atoms with Crippen molar-refractivity contribution in [2.75, 3.05) is 13.1 Å². The van der Waals surface area contributed by atoms with Crippen LogP contribution < -0.4 is 5.56 Å². The molecule has 1 fully saturated rings. The summed E-state index contributed by atoms with van der Waals surface area (Å²) in [5, 5.41) is 1.04. The summed E-state index contributed by atoms with van der Waals surface area (Å²) in [6, 6.07) is 17.1. The van der Waals surface area contributed by atoms with Crippen molar-refractivity contribution in [3.8, 4) is 0 Å². The number of carbonyl (C=O) groups is 1.